The topological polar surface area (TPSA) is 109 Å². The highest BCUT2D eigenvalue weighted by molar-refractivity contribution is 6.22. The molecular formula is C29H30N2O6. The van der Waals surface area contributed by atoms with Crippen molar-refractivity contribution in [3.8, 4) is 23.8 Å². The van der Waals surface area contributed by atoms with Crippen molar-refractivity contribution >= 4 is 23.2 Å². The van der Waals surface area contributed by atoms with Crippen molar-refractivity contribution in [1.82, 2.24) is 0 Å². The fourth-order valence-corrected chi connectivity index (χ4v) is 5.91. The number of benzene rings is 2. The van der Waals surface area contributed by atoms with E-state index in [0.29, 0.717) is 55.2 Å². The van der Waals surface area contributed by atoms with Gasteiger partial charge >= 0.3 is 0 Å². The summed E-state index contributed by atoms with van der Waals surface area (Å²) in [5.74, 6) is 0.839. The first-order chi connectivity index (χ1) is 18.0. The van der Waals surface area contributed by atoms with Crippen molar-refractivity contribution in [3.05, 3.63) is 54.6 Å². The van der Waals surface area contributed by atoms with E-state index in [1.54, 1.807) is 24.3 Å². The summed E-state index contributed by atoms with van der Waals surface area (Å²) in [6, 6.07) is 16.1. The van der Waals surface area contributed by atoms with Crippen LogP contribution in [0.2, 0.25) is 0 Å². The maximum absolute atomic E-state index is 13.7. The third-order valence-electron chi connectivity index (χ3n) is 7.57. The second-order valence-corrected chi connectivity index (χ2v) is 9.80. The molecule has 2 aliphatic carbocycles. The zero-order chi connectivity index (χ0) is 25.9. The van der Waals surface area contributed by atoms with E-state index in [4.69, 9.17) is 16.0 Å². The van der Waals surface area contributed by atoms with Crippen LogP contribution in [-0.2, 0) is 14.4 Å². The van der Waals surface area contributed by atoms with Crippen molar-refractivity contribution in [1.29, 1.82) is 0 Å². The summed E-state index contributed by atoms with van der Waals surface area (Å²) in [7, 11) is 0. The van der Waals surface area contributed by atoms with Crippen molar-refractivity contribution in [2.75, 3.05) is 11.5 Å². The van der Waals surface area contributed by atoms with Crippen molar-refractivity contribution in [2.45, 2.75) is 44.3 Å². The van der Waals surface area contributed by atoms with Gasteiger partial charge in [0.05, 0.1) is 35.4 Å². The molecule has 6 atom stereocenters. The molecule has 192 valence electrons. The second-order valence-electron chi connectivity index (χ2n) is 9.80. The summed E-state index contributed by atoms with van der Waals surface area (Å²) in [6.45, 7) is 0.350. The Hall–Kier alpha value is -3.67. The maximum atomic E-state index is 13.7. The van der Waals surface area contributed by atoms with Crippen LogP contribution in [0, 0.1) is 36.0 Å². The third-order valence-corrected chi connectivity index (χ3v) is 7.57. The van der Waals surface area contributed by atoms with Gasteiger partial charge in [-0.15, -0.1) is 12.3 Å². The molecule has 1 aliphatic heterocycles. The number of hydrogen-bond acceptors (Lipinski definition) is 7. The fraction of sp³-hybridized carbons (Fsp3) is 0.414. The number of nitrogens with zero attached hydrogens (tertiary/aromatic N) is 2. The van der Waals surface area contributed by atoms with Crippen LogP contribution in [0.4, 0.5) is 5.69 Å². The number of rotatable bonds is 7. The summed E-state index contributed by atoms with van der Waals surface area (Å²) in [5, 5.41) is 25.9. The first-order valence-corrected chi connectivity index (χ1v) is 12.7. The molecule has 8 nitrogen and oxygen atoms in total. The average molecular weight is 503 g/mol. The van der Waals surface area contributed by atoms with Gasteiger partial charge in [0.1, 0.15) is 18.1 Å². The normalized spacial score (nSPS) is 30.0. The number of amides is 2. The highest BCUT2D eigenvalue weighted by Gasteiger charge is 2.60. The molecule has 3 aliphatic rings. The minimum Gasteiger partial charge on any atom is -0.457 e. The Morgan fingerprint density at radius 1 is 1.00 bits per heavy atom. The minimum absolute atomic E-state index is 0.166. The van der Waals surface area contributed by atoms with E-state index in [0.717, 1.165) is 0 Å². The van der Waals surface area contributed by atoms with Crippen LogP contribution in [-0.4, -0.2) is 46.6 Å². The number of terminal acetylenes is 1. The van der Waals surface area contributed by atoms with Crippen molar-refractivity contribution in [2.24, 2.45) is 28.8 Å². The number of oxime groups is 1. The molecule has 1 heterocycles. The second kappa shape index (κ2) is 10.8. The summed E-state index contributed by atoms with van der Waals surface area (Å²) in [5.41, 5.74) is 1.05. The van der Waals surface area contributed by atoms with E-state index in [2.05, 4.69) is 11.1 Å². The summed E-state index contributed by atoms with van der Waals surface area (Å²) >= 11 is 0. The minimum atomic E-state index is -1.14. The number of anilines is 1. The van der Waals surface area contributed by atoms with E-state index in [-0.39, 0.29) is 24.2 Å². The molecule has 2 N–H and O–H groups in total. The number of ether oxygens (including phenoxy) is 1. The summed E-state index contributed by atoms with van der Waals surface area (Å²) in [6.07, 6.45) is 5.51. The van der Waals surface area contributed by atoms with Gasteiger partial charge in [0.15, 0.2) is 0 Å². The van der Waals surface area contributed by atoms with E-state index >= 15 is 0 Å². The fourth-order valence-electron chi connectivity index (χ4n) is 5.91. The Morgan fingerprint density at radius 3 is 2.54 bits per heavy atom. The molecule has 3 fully saturated rings. The number of aliphatic hydroxyl groups excluding tert-OH is 2. The Labute approximate surface area is 215 Å². The zero-order valence-corrected chi connectivity index (χ0v) is 20.4. The Bertz CT molecular complexity index is 1220. The predicted molar refractivity (Wildman–Crippen MR) is 137 cm³/mol. The van der Waals surface area contributed by atoms with Crippen LogP contribution in [0.15, 0.2) is 59.8 Å². The third kappa shape index (κ3) is 4.85. The summed E-state index contributed by atoms with van der Waals surface area (Å²) < 4.78 is 5.90. The predicted octanol–water partition coefficient (Wildman–Crippen LogP) is 3.52. The standard InChI is InChI=1S/C29H30N2O6/c1-2-3-7-15-36-30-23-17-24(32)27(33)25-21(23)13-14-22-26(25)29(35)31(28(22)34)18-9-8-12-20(16-18)37-19-10-5-4-6-11-19/h1,4-6,8-12,16,21-22,24-27,32-33H,3,7,13-15,17H2/t21-,22+,24+,25+,26+,27-/m0/s1. The number of fused-ring (bicyclic) bond motifs is 3. The number of para-hydroxylation sites is 1. The van der Waals surface area contributed by atoms with Crippen LogP contribution in [0.1, 0.15) is 32.1 Å². The highest BCUT2D eigenvalue weighted by Crippen LogP contribution is 2.50. The van der Waals surface area contributed by atoms with Gasteiger partial charge in [-0.25, -0.2) is 4.90 Å². The number of unbranched alkanes of at least 4 members (excludes halogenated alkanes) is 1. The SMILES string of the molecule is C#CCCCON=C1C[C@@H](O)[C@H](O)[C@H]2[C@@H]3C(=O)N(c4cccc(Oc5ccccc5)c4)C(=O)[C@@H]3CC[C@@H]12. The van der Waals surface area contributed by atoms with Crippen LogP contribution in [0.5, 0.6) is 11.5 Å². The zero-order valence-electron chi connectivity index (χ0n) is 20.4. The lowest BCUT2D eigenvalue weighted by molar-refractivity contribution is -0.132. The maximum Gasteiger partial charge on any atom is 0.238 e. The monoisotopic (exact) mass is 502 g/mol. The lowest BCUT2D eigenvalue weighted by atomic mass is 9.60. The van der Waals surface area contributed by atoms with E-state index in [1.165, 1.54) is 4.90 Å². The van der Waals surface area contributed by atoms with Gasteiger partial charge in [0.2, 0.25) is 11.8 Å². The average Bonchev–Trinajstić information content (AvgIpc) is 3.16. The van der Waals surface area contributed by atoms with Gasteiger partial charge < -0.3 is 19.8 Å². The smallest absolute Gasteiger partial charge is 0.238 e. The van der Waals surface area contributed by atoms with E-state index in [1.807, 2.05) is 30.3 Å². The Balaban J connectivity index is 1.39. The molecular weight excluding hydrogens is 472 g/mol. The molecule has 2 saturated carbocycles. The van der Waals surface area contributed by atoms with Gasteiger partial charge in [0.25, 0.3) is 0 Å². The largest absolute Gasteiger partial charge is 0.457 e. The molecule has 2 aromatic rings. The number of hydrogen-bond donors (Lipinski definition) is 2. The lowest BCUT2D eigenvalue weighted by Gasteiger charge is -2.45. The van der Waals surface area contributed by atoms with Gasteiger partial charge in [-0.05, 0) is 43.5 Å². The van der Waals surface area contributed by atoms with Crippen molar-refractivity contribution < 1.29 is 29.4 Å². The van der Waals surface area contributed by atoms with Crippen LogP contribution in [0.25, 0.3) is 0 Å². The molecule has 0 unspecified atom stereocenters. The van der Waals surface area contributed by atoms with Gasteiger partial charge in [-0.3, -0.25) is 9.59 Å². The lowest BCUT2D eigenvalue weighted by Crippen LogP contribution is -2.54. The molecule has 37 heavy (non-hydrogen) atoms. The molecule has 0 radical (unpaired) electrons. The van der Waals surface area contributed by atoms with E-state index in [9.17, 15) is 19.8 Å². The quantitative estimate of drug-likeness (QED) is 0.260. The highest BCUT2D eigenvalue weighted by atomic mass is 16.6. The number of aliphatic hydroxyl groups is 2. The van der Waals surface area contributed by atoms with Crippen molar-refractivity contribution in [3.63, 3.8) is 0 Å². The molecule has 5 rings (SSSR count). The Kier molecular flexibility index (Phi) is 7.26. The number of imide groups is 1. The van der Waals surface area contributed by atoms with Gasteiger partial charge in [0, 0.05) is 30.7 Å². The molecule has 0 aromatic heterocycles. The molecule has 2 amide bonds. The van der Waals surface area contributed by atoms with E-state index < -0.39 is 30.0 Å². The van der Waals surface area contributed by atoms with Crippen LogP contribution in [0.3, 0.4) is 0 Å². The molecule has 0 bridgehead atoms. The molecule has 8 heteroatoms. The Morgan fingerprint density at radius 2 is 1.76 bits per heavy atom. The molecule has 0 spiro atoms. The number of carbonyl (C=O) groups excluding carboxylic acids is 2. The first kappa shape index (κ1) is 25.0. The van der Waals surface area contributed by atoms with Crippen LogP contribution < -0.4 is 9.64 Å². The first-order valence-electron chi connectivity index (χ1n) is 12.7. The number of carbonyl (C=O) groups is 2. The molecule has 1 saturated heterocycles. The molecule has 2 aromatic carbocycles. The van der Waals surface area contributed by atoms with Crippen LogP contribution >= 0.6 is 0 Å². The summed E-state index contributed by atoms with van der Waals surface area (Å²) in [4.78, 5) is 33.9. The van der Waals surface area contributed by atoms with Gasteiger partial charge in [-0.2, -0.15) is 0 Å². The van der Waals surface area contributed by atoms with Gasteiger partial charge in [-0.1, -0.05) is 29.4 Å².